The van der Waals surface area contributed by atoms with Gasteiger partial charge in [0.05, 0.1) is 4.92 Å². The Bertz CT molecular complexity index is 906. The molecule has 1 heterocycles. The summed E-state index contributed by atoms with van der Waals surface area (Å²) in [5, 5.41) is 15.9. The number of carbonyl (C=O) groups excluding carboxylic acids is 2. The fraction of sp³-hybridized carbons (Fsp3) is 0.391. The SMILES string of the molecule is O=C(NCCCc1ccc(N2CCCCCC2)cc1)C(=O)Nc1ccccc1[N+](=O)[O-]. The normalized spacial score (nSPS) is 13.9. The molecule has 1 saturated heterocycles. The van der Waals surface area contributed by atoms with Crippen LogP contribution < -0.4 is 15.5 Å². The van der Waals surface area contributed by atoms with Crippen LogP contribution in [0.15, 0.2) is 48.5 Å². The van der Waals surface area contributed by atoms with Gasteiger partial charge in [0, 0.05) is 31.4 Å². The minimum Gasteiger partial charge on any atom is -0.372 e. The lowest BCUT2D eigenvalue weighted by atomic mass is 10.1. The standard InChI is InChI=1S/C23H28N4O4/c28-22(23(29)25-20-9-3-4-10-21(20)27(30)31)24-15-7-8-18-11-13-19(14-12-18)26-16-5-1-2-6-17-26/h3-4,9-14H,1-2,5-8,15-17H2,(H,24,28)(H,25,29). The molecular weight excluding hydrogens is 396 g/mol. The van der Waals surface area contributed by atoms with Crippen molar-refractivity contribution >= 4 is 28.9 Å². The second kappa shape index (κ2) is 11.1. The van der Waals surface area contributed by atoms with E-state index in [1.165, 1.54) is 55.1 Å². The number of hydrogen-bond donors (Lipinski definition) is 2. The Morgan fingerprint density at radius 1 is 0.935 bits per heavy atom. The topological polar surface area (TPSA) is 105 Å². The van der Waals surface area contributed by atoms with Crippen LogP contribution in [0, 0.1) is 10.1 Å². The number of amides is 2. The Balaban J connectivity index is 1.41. The van der Waals surface area contributed by atoms with E-state index in [2.05, 4.69) is 39.8 Å². The highest BCUT2D eigenvalue weighted by molar-refractivity contribution is 6.39. The number of nitrogens with zero attached hydrogens (tertiary/aromatic N) is 2. The monoisotopic (exact) mass is 424 g/mol. The number of nitrogens with one attached hydrogen (secondary N) is 2. The number of rotatable bonds is 7. The van der Waals surface area contributed by atoms with Crippen LogP contribution in [-0.4, -0.2) is 36.4 Å². The first-order valence-corrected chi connectivity index (χ1v) is 10.7. The largest absolute Gasteiger partial charge is 0.372 e. The number of anilines is 2. The number of aryl methyl sites for hydroxylation is 1. The number of hydrogen-bond acceptors (Lipinski definition) is 5. The lowest BCUT2D eigenvalue weighted by molar-refractivity contribution is -0.383. The van der Waals surface area contributed by atoms with E-state index in [0.29, 0.717) is 13.0 Å². The van der Waals surface area contributed by atoms with Crippen LogP contribution in [0.3, 0.4) is 0 Å². The summed E-state index contributed by atoms with van der Waals surface area (Å²) in [7, 11) is 0. The van der Waals surface area contributed by atoms with Gasteiger partial charge in [-0.15, -0.1) is 0 Å². The first-order chi connectivity index (χ1) is 15.0. The third kappa shape index (κ3) is 6.53. The van der Waals surface area contributed by atoms with E-state index in [1.54, 1.807) is 6.07 Å². The summed E-state index contributed by atoms with van der Waals surface area (Å²) in [6, 6.07) is 14.2. The highest BCUT2D eigenvalue weighted by Gasteiger charge is 2.19. The zero-order valence-electron chi connectivity index (χ0n) is 17.5. The summed E-state index contributed by atoms with van der Waals surface area (Å²) in [6.45, 7) is 2.57. The number of carbonyl (C=O) groups is 2. The zero-order chi connectivity index (χ0) is 22.1. The molecule has 31 heavy (non-hydrogen) atoms. The van der Waals surface area contributed by atoms with E-state index >= 15 is 0 Å². The number of nitro benzene ring substituents is 1. The smallest absolute Gasteiger partial charge is 0.313 e. The first-order valence-electron chi connectivity index (χ1n) is 10.7. The summed E-state index contributed by atoms with van der Waals surface area (Å²) in [4.78, 5) is 36.8. The second-order valence-corrected chi connectivity index (χ2v) is 7.66. The van der Waals surface area contributed by atoms with E-state index < -0.39 is 16.7 Å². The van der Waals surface area contributed by atoms with E-state index in [1.807, 2.05) is 0 Å². The van der Waals surface area contributed by atoms with Crippen molar-refractivity contribution in [3.05, 3.63) is 64.2 Å². The summed E-state index contributed by atoms with van der Waals surface area (Å²) < 4.78 is 0. The van der Waals surface area contributed by atoms with Crippen LogP contribution in [0.5, 0.6) is 0 Å². The zero-order valence-corrected chi connectivity index (χ0v) is 17.5. The molecule has 0 saturated carbocycles. The quantitative estimate of drug-likeness (QED) is 0.305. The van der Waals surface area contributed by atoms with E-state index in [0.717, 1.165) is 19.5 Å². The predicted molar refractivity (Wildman–Crippen MR) is 120 cm³/mol. The van der Waals surface area contributed by atoms with Crippen LogP contribution >= 0.6 is 0 Å². The van der Waals surface area contributed by atoms with Crippen molar-refractivity contribution in [2.75, 3.05) is 29.9 Å². The van der Waals surface area contributed by atoms with Gasteiger partial charge in [-0.3, -0.25) is 19.7 Å². The van der Waals surface area contributed by atoms with Gasteiger partial charge in [-0.2, -0.15) is 0 Å². The molecule has 0 bridgehead atoms. The molecule has 8 heteroatoms. The highest BCUT2D eigenvalue weighted by Crippen LogP contribution is 2.23. The average molecular weight is 425 g/mol. The molecule has 2 aromatic rings. The fourth-order valence-corrected chi connectivity index (χ4v) is 3.69. The summed E-state index contributed by atoms with van der Waals surface area (Å²) in [5.41, 5.74) is 2.17. The van der Waals surface area contributed by atoms with Crippen molar-refractivity contribution < 1.29 is 14.5 Å². The van der Waals surface area contributed by atoms with Crippen molar-refractivity contribution in [2.45, 2.75) is 38.5 Å². The van der Waals surface area contributed by atoms with Crippen molar-refractivity contribution in [1.29, 1.82) is 0 Å². The second-order valence-electron chi connectivity index (χ2n) is 7.66. The van der Waals surface area contributed by atoms with Gasteiger partial charge in [0.25, 0.3) is 5.69 Å². The molecule has 0 aromatic heterocycles. The van der Waals surface area contributed by atoms with Gasteiger partial charge in [-0.25, -0.2) is 0 Å². The molecule has 0 aliphatic carbocycles. The van der Waals surface area contributed by atoms with E-state index in [9.17, 15) is 19.7 Å². The molecule has 8 nitrogen and oxygen atoms in total. The van der Waals surface area contributed by atoms with Gasteiger partial charge in [0.1, 0.15) is 5.69 Å². The molecule has 0 radical (unpaired) electrons. The van der Waals surface area contributed by atoms with Gasteiger partial charge >= 0.3 is 11.8 Å². The highest BCUT2D eigenvalue weighted by atomic mass is 16.6. The minimum absolute atomic E-state index is 0.00264. The molecule has 2 N–H and O–H groups in total. The third-order valence-electron chi connectivity index (χ3n) is 5.39. The minimum atomic E-state index is -0.920. The Morgan fingerprint density at radius 2 is 1.61 bits per heavy atom. The van der Waals surface area contributed by atoms with Gasteiger partial charge < -0.3 is 15.5 Å². The Labute approximate surface area is 181 Å². The van der Waals surface area contributed by atoms with Crippen LogP contribution in [-0.2, 0) is 16.0 Å². The van der Waals surface area contributed by atoms with Crippen LogP contribution in [0.4, 0.5) is 17.1 Å². The first kappa shape index (κ1) is 22.3. The molecule has 1 fully saturated rings. The number of nitro groups is 1. The van der Waals surface area contributed by atoms with Crippen LogP contribution in [0.1, 0.15) is 37.7 Å². The molecule has 2 aromatic carbocycles. The van der Waals surface area contributed by atoms with Crippen molar-refractivity contribution in [3.63, 3.8) is 0 Å². The van der Waals surface area contributed by atoms with Gasteiger partial charge in [-0.1, -0.05) is 37.1 Å². The Morgan fingerprint density at radius 3 is 2.29 bits per heavy atom. The summed E-state index contributed by atoms with van der Waals surface area (Å²) in [6.07, 6.45) is 6.57. The van der Waals surface area contributed by atoms with Crippen molar-refractivity contribution in [2.24, 2.45) is 0 Å². The molecule has 0 unspecified atom stereocenters. The number of para-hydroxylation sites is 2. The van der Waals surface area contributed by atoms with Crippen molar-refractivity contribution in [1.82, 2.24) is 5.32 Å². The van der Waals surface area contributed by atoms with Crippen LogP contribution in [0.2, 0.25) is 0 Å². The molecule has 2 amide bonds. The maximum Gasteiger partial charge on any atom is 0.313 e. The molecule has 164 valence electrons. The Kier molecular flexibility index (Phi) is 7.98. The average Bonchev–Trinajstić information content (AvgIpc) is 3.07. The van der Waals surface area contributed by atoms with Gasteiger partial charge in [-0.05, 0) is 49.4 Å². The molecule has 0 spiro atoms. The maximum absolute atomic E-state index is 12.0. The van der Waals surface area contributed by atoms with Gasteiger partial charge in [0.2, 0.25) is 0 Å². The lowest BCUT2D eigenvalue weighted by Crippen LogP contribution is -2.36. The van der Waals surface area contributed by atoms with Crippen molar-refractivity contribution in [3.8, 4) is 0 Å². The Hall–Kier alpha value is -3.42. The van der Waals surface area contributed by atoms with E-state index in [4.69, 9.17) is 0 Å². The molecule has 1 aliphatic rings. The third-order valence-corrected chi connectivity index (χ3v) is 5.39. The summed E-state index contributed by atoms with van der Waals surface area (Å²) in [5.74, 6) is -1.73. The molecule has 1 aliphatic heterocycles. The fourth-order valence-electron chi connectivity index (χ4n) is 3.69. The molecule has 3 rings (SSSR count). The van der Waals surface area contributed by atoms with Gasteiger partial charge in [0.15, 0.2) is 0 Å². The summed E-state index contributed by atoms with van der Waals surface area (Å²) >= 11 is 0. The number of benzene rings is 2. The maximum atomic E-state index is 12.0. The lowest BCUT2D eigenvalue weighted by Gasteiger charge is -2.22. The molecule has 0 atom stereocenters. The molecular formula is C23H28N4O4. The predicted octanol–water partition coefficient (Wildman–Crippen LogP) is 3.66. The van der Waals surface area contributed by atoms with E-state index in [-0.39, 0.29) is 11.4 Å². The van der Waals surface area contributed by atoms with Crippen LogP contribution in [0.25, 0.3) is 0 Å².